The Labute approximate surface area is 145 Å². The highest BCUT2D eigenvalue weighted by Crippen LogP contribution is 2.35. The lowest BCUT2D eigenvalue weighted by molar-refractivity contribution is -0.130. The first-order chi connectivity index (χ1) is 11.8. The van der Waals surface area contributed by atoms with E-state index in [-0.39, 0.29) is 23.8 Å². The number of oxime groups is 1. The third-order valence-corrected chi connectivity index (χ3v) is 5.90. The zero-order valence-corrected chi connectivity index (χ0v) is 14.6. The first kappa shape index (κ1) is 17.3. The summed E-state index contributed by atoms with van der Waals surface area (Å²) >= 11 is 0. The molecule has 8 heteroatoms. The molecule has 1 saturated heterocycles. The van der Waals surface area contributed by atoms with E-state index in [0.717, 1.165) is 0 Å². The van der Waals surface area contributed by atoms with E-state index in [1.807, 2.05) is 0 Å². The van der Waals surface area contributed by atoms with Crippen LogP contribution in [0.2, 0.25) is 0 Å². The second kappa shape index (κ2) is 6.44. The van der Waals surface area contributed by atoms with Crippen molar-refractivity contribution in [3.05, 3.63) is 59.1 Å². The van der Waals surface area contributed by atoms with E-state index in [1.165, 1.54) is 17.0 Å². The number of rotatable bonds is 4. The number of nitrogens with zero attached hydrogens (tertiary/aromatic N) is 2. The third-order valence-electron chi connectivity index (χ3n) is 3.88. The van der Waals surface area contributed by atoms with Crippen molar-refractivity contribution in [1.29, 1.82) is 0 Å². The van der Waals surface area contributed by atoms with E-state index >= 15 is 0 Å². The summed E-state index contributed by atoms with van der Waals surface area (Å²) in [5, 5.41) is 2.85. The Bertz CT molecular complexity index is 918. The molecule has 0 saturated carbocycles. The van der Waals surface area contributed by atoms with Gasteiger partial charge in [-0.3, -0.25) is 9.69 Å². The van der Waals surface area contributed by atoms with Crippen LogP contribution in [0.5, 0.6) is 0 Å². The molecule has 0 N–H and O–H groups in total. The van der Waals surface area contributed by atoms with Crippen LogP contribution in [0.3, 0.4) is 0 Å². The van der Waals surface area contributed by atoms with Gasteiger partial charge in [0.25, 0.3) is 5.91 Å². The van der Waals surface area contributed by atoms with Crippen LogP contribution in [0.1, 0.15) is 19.4 Å². The van der Waals surface area contributed by atoms with E-state index in [1.54, 1.807) is 38.2 Å². The fourth-order valence-corrected chi connectivity index (χ4v) is 4.74. The second-order valence-corrected chi connectivity index (χ2v) is 8.11. The average Bonchev–Trinajstić information content (AvgIpc) is 2.53. The number of benzene rings is 1. The first-order valence-corrected chi connectivity index (χ1v) is 9.34. The summed E-state index contributed by atoms with van der Waals surface area (Å²) < 4.78 is 38.0. The number of β-lactam (4-membered cyclic amide) rings is 1. The van der Waals surface area contributed by atoms with Crippen molar-refractivity contribution in [3.63, 3.8) is 0 Å². The first-order valence-electron chi connectivity index (χ1n) is 7.62. The molecule has 0 aliphatic carbocycles. The van der Waals surface area contributed by atoms with Crippen molar-refractivity contribution in [3.8, 4) is 0 Å². The molecule has 2 aliphatic heterocycles. The van der Waals surface area contributed by atoms with Gasteiger partial charge in [-0.25, -0.2) is 12.8 Å². The molecule has 0 spiro atoms. The molecular weight excluding hydrogens is 347 g/mol. The van der Waals surface area contributed by atoms with Gasteiger partial charge in [0.05, 0.1) is 17.0 Å². The van der Waals surface area contributed by atoms with Gasteiger partial charge in [-0.05, 0) is 31.6 Å². The summed E-state index contributed by atoms with van der Waals surface area (Å²) in [5.74, 6) is -0.830. The lowest BCUT2D eigenvalue weighted by Gasteiger charge is -2.42. The molecule has 0 bridgehead atoms. The number of amides is 1. The van der Waals surface area contributed by atoms with Crippen molar-refractivity contribution >= 4 is 21.5 Å². The molecule has 1 amide bonds. The minimum Gasteiger partial charge on any atom is -0.391 e. The highest BCUT2D eigenvalue weighted by atomic mass is 32.2. The number of fused-ring (bicyclic) bond motifs is 1. The number of hydrogen-bond donors (Lipinski definition) is 0. The SMILES string of the molecule is CC1=CN2C(=O)/C(=C/C(C)=N/OCc3ccccc3F)C2S(=O)(=O)C1. The maximum Gasteiger partial charge on any atom is 0.258 e. The zero-order chi connectivity index (χ0) is 18.2. The standard InChI is InChI=1S/C17H17FN2O4S/c1-11-8-20-16(21)14(17(20)25(22,23)10-11)7-12(2)19-24-9-13-5-3-4-6-15(13)18/h3-8,17H,9-10H2,1-2H3/b14-7-,19-12+. The number of hydrogen-bond acceptors (Lipinski definition) is 5. The summed E-state index contributed by atoms with van der Waals surface area (Å²) in [5.41, 5.74) is 1.48. The Morgan fingerprint density at radius 2 is 2.16 bits per heavy atom. The molecule has 1 aromatic carbocycles. The van der Waals surface area contributed by atoms with E-state index in [4.69, 9.17) is 4.84 Å². The second-order valence-electron chi connectivity index (χ2n) is 6.04. The zero-order valence-electron chi connectivity index (χ0n) is 13.8. The minimum absolute atomic E-state index is 0.0586. The summed E-state index contributed by atoms with van der Waals surface area (Å²) in [6, 6.07) is 6.16. The van der Waals surface area contributed by atoms with Crippen molar-refractivity contribution in [2.45, 2.75) is 25.8 Å². The maximum atomic E-state index is 13.5. The molecule has 6 nitrogen and oxygen atoms in total. The Morgan fingerprint density at radius 1 is 1.44 bits per heavy atom. The summed E-state index contributed by atoms with van der Waals surface area (Å²) in [6.07, 6.45) is 2.96. The quantitative estimate of drug-likeness (QED) is 0.355. The van der Waals surface area contributed by atoms with E-state index in [2.05, 4.69) is 5.16 Å². The van der Waals surface area contributed by atoms with Gasteiger partial charge >= 0.3 is 0 Å². The van der Waals surface area contributed by atoms with Crippen LogP contribution in [0.25, 0.3) is 0 Å². The van der Waals surface area contributed by atoms with Gasteiger partial charge < -0.3 is 4.84 Å². The predicted molar refractivity (Wildman–Crippen MR) is 90.6 cm³/mol. The molecule has 1 aromatic rings. The Kier molecular flexibility index (Phi) is 4.47. The van der Waals surface area contributed by atoms with Crippen LogP contribution >= 0.6 is 0 Å². The van der Waals surface area contributed by atoms with Gasteiger partial charge in [-0.1, -0.05) is 23.4 Å². The molecule has 25 heavy (non-hydrogen) atoms. The number of carbonyl (C=O) groups excluding carboxylic acids is 1. The topological polar surface area (TPSA) is 76.0 Å². The van der Waals surface area contributed by atoms with Crippen molar-refractivity contribution in [2.75, 3.05) is 5.75 Å². The van der Waals surface area contributed by atoms with Crippen LogP contribution in [-0.4, -0.2) is 36.1 Å². The number of allylic oxidation sites excluding steroid dienone is 1. The monoisotopic (exact) mass is 364 g/mol. The summed E-state index contributed by atoms with van der Waals surface area (Å²) in [4.78, 5) is 18.4. The molecule has 1 atom stereocenters. The molecule has 0 aromatic heterocycles. The average molecular weight is 364 g/mol. The number of carbonyl (C=O) groups is 1. The lowest BCUT2D eigenvalue weighted by Crippen LogP contribution is -2.58. The summed E-state index contributed by atoms with van der Waals surface area (Å²) in [6.45, 7) is 3.20. The molecule has 132 valence electrons. The smallest absolute Gasteiger partial charge is 0.258 e. The number of sulfone groups is 1. The van der Waals surface area contributed by atoms with Crippen molar-refractivity contribution in [2.24, 2.45) is 5.16 Å². The summed E-state index contributed by atoms with van der Waals surface area (Å²) in [7, 11) is -3.45. The van der Waals surface area contributed by atoms with Crippen LogP contribution in [0.4, 0.5) is 4.39 Å². The van der Waals surface area contributed by atoms with Gasteiger partial charge in [0.2, 0.25) is 0 Å². The van der Waals surface area contributed by atoms with Gasteiger partial charge in [-0.2, -0.15) is 0 Å². The Balaban J connectivity index is 1.72. The van der Waals surface area contributed by atoms with Gasteiger partial charge in [-0.15, -0.1) is 0 Å². The Hall–Kier alpha value is -2.48. The van der Waals surface area contributed by atoms with Gasteiger partial charge in [0, 0.05) is 11.8 Å². The number of halogens is 1. The van der Waals surface area contributed by atoms with Crippen LogP contribution in [-0.2, 0) is 26.1 Å². The molecule has 3 rings (SSSR count). The highest BCUT2D eigenvalue weighted by Gasteiger charge is 2.51. The third kappa shape index (κ3) is 3.34. The normalized spacial score (nSPS) is 23.8. The minimum atomic E-state index is -3.45. The fourth-order valence-electron chi connectivity index (χ4n) is 2.81. The van der Waals surface area contributed by atoms with Gasteiger partial charge in [0.15, 0.2) is 15.2 Å². The fraction of sp³-hybridized carbons (Fsp3) is 0.294. The molecule has 0 radical (unpaired) electrons. The van der Waals surface area contributed by atoms with E-state index in [0.29, 0.717) is 16.8 Å². The lowest BCUT2D eigenvalue weighted by atomic mass is 10.0. The molecule has 1 fully saturated rings. The van der Waals surface area contributed by atoms with Gasteiger partial charge in [0.1, 0.15) is 12.4 Å². The van der Waals surface area contributed by atoms with Crippen LogP contribution in [0, 0.1) is 5.82 Å². The Morgan fingerprint density at radius 3 is 2.88 bits per heavy atom. The molecule has 1 unspecified atom stereocenters. The molecule has 2 aliphatic rings. The van der Waals surface area contributed by atoms with Crippen LogP contribution in [0.15, 0.2) is 52.8 Å². The predicted octanol–water partition coefficient (Wildman–Crippen LogP) is 2.15. The highest BCUT2D eigenvalue weighted by molar-refractivity contribution is 7.92. The largest absolute Gasteiger partial charge is 0.391 e. The molecular formula is C17H17FN2O4S. The van der Waals surface area contributed by atoms with E-state index in [9.17, 15) is 17.6 Å². The molecule has 2 heterocycles. The van der Waals surface area contributed by atoms with Crippen molar-refractivity contribution in [1.82, 2.24) is 4.90 Å². The van der Waals surface area contributed by atoms with Crippen molar-refractivity contribution < 1.29 is 22.4 Å². The van der Waals surface area contributed by atoms with E-state index < -0.39 is 21.0 Å². The maximum absolute atomic E-state index is 13.5. The van der Waals surface area contributed by atoms with Crippen LogP contribution < -0.4 is 0 Å².